The number of para-hydroxylation sites is 1. The van der Waals surface area contributed by atoms with Crippen LogP contribution in [-0.2, 0) is 9.59 Å². The first-order chi connectivity index (χ1) is 14.1. The fourth-order valence-electron chi connectivity index (χ4n) is 2.94. The first-order valence-corrected chi connectivity index (χ1v) is 9.85. The molecule has 0 spiro atoms. The minimum Gasteiger partial charge on any atom is -0.340 e. The van der Waals surface area contributed by atoms with E-state index in [0.717, 1.165) is 5.69 Å². The third-order valence-corrected chi connectivity index (χ3v) is 5.15. The van der Waals surface area contributed by atoms with Crippen LogP contribution in [0.1, 0.15) is 23.2 Å². The van der Waals surface area contributed by atoms with Gasteiger partial charge in [-0.05, 0) is 30.7 Å². The van der Waals surface area contributed by atoms with Crippen LogP contribution in [-0.4, -0.2) is 33.7 Å². The van der Waals surface area contributed by atoms with Crippen molar-refractivity contribution in [3.05, 3.63) is 59.6 Å². The highest BCUT2D eigenvalue weighted by atomic mass is 32.1. The number of carbonyl (C=O) groups is 3. The Hall–Kier alpha value is -3.59. The van der Waals surface area contributed by atoms with Crippen molar-refractivity contribution in [2.45, 2.75) is 18.9 Å². The number of hydrogen-bond donors (Lipinski definition) is 3. The predicted octanol–water partition coefficient (Wildman–Crippen LogP) is 2.67. The number of fused-ring (bicyclic) bond motifs is 1. The van der Waals surface area contributed by atoms with E-state index < -0.39 is 6.04 Å². The quantitative estimate of drug-likeness (QED) is 0.602. The molecule has 0 unspecified atom stereocenters. The Bertz CT molecular complexity index is 1070. The number of amides is 3. The van der Waals surface area contributed by atoms with Crippen molar-refractivity contribution >= 4 is 39.9 Å². The van der Waals surface area contributed by atoms with Crippen molar-refractivity contribution in [1.82, 2.24) is 15.3 Å². The van der Waals surface area contributed by atoms with Crippen LogP contribution in [0.4, 0.5) is 10.8 Å². The molecular weight excluding hydrogens is 390 g/mol. The fraction of sp³-hybridized carbons (Fsp3) is 0.150. The van der Waals surface area contributed by atoms with Gasteiger partial charge in [0.2, 0.25) is 11.8 Å². The van der Waals surface area contributed by atoms with Gasteiger partial charge in [0.05, 0.1) is 16.9 Å². The van der Waals surface area contributed by atoms with Gasteiger partial charge in [0, 0.05) is 18.0 Å². The van der Waals surface area contributed by atoms with Crippen LogP contribution in [0.25, 0.3) is 11.4 Å². The molecule has 1 atom stereocenters. The van der Waals surface area contributed by atoms with Crippen molar-refractivity contribution < 1.29 is 14.4 Å². The Morgan fingerprint density at radius 2 is 1.93 bits per heavy atom. The van der Waals surface area contributed by atoms with Crippen molar-refractivity contribution in [3.63, 3.8) is 0 Å². The molecule has 0 aliphatic carbocycles. The molecule has 4 rings (SSSR count). The van der Waals surface area contributed by atoms with Gasteiger partial charge in [-0.2, -0.15) is 0 Å². The van der Waals surface area contributed by atoms with Gasteiger partial charge in [-0.3, -0.25) is 19.4 Å². The molecule has 9 heteroatoms. The average molecular weight is 407 g/mol. The van der Waals surface area contributed by atoms with Crippen LogP contribution < -0.4 is 16.0 Å². The van der Waals surface area contributed by atoms with Crippen LogP contribution in [0.5, 0.6) is 0 Å². The summed E-state index contributed by atoms with van der Waals surface area (Å²) >= 11 is 1.30. The monoisotopic (exact) mass is 407 g/mol. The number of nitrogens with zero attached hydrogens (tertiary/aromatic N) is 2. The molecule has 1 aliphatic heterocycles. The van der Waals surface area contributed by atoms with E-state index >= 15 is 0 Å². The van der Waals surface area contributed by atoms with E-state index in [2.05, 4.69) is 25.9 Å². The van der Waals surface area contributed by atoms with Crippen molar-refractivity contribution in [2.24, 2.45) is 0 Å². The van der Waals surface area contributed by atoms with E-state index in [1.165, 1.54) is 11.3 Å². The number of hydrogen-bond acceptors (Lipinski definition) is 6. The molecule has 8 nitrogen and oxygen atoms in total. The van der Waals surface area contributed by atoms with Crippen LogP contribution in [0.3, 0.4) is 0 Å². The average Bonchev–Trinajstić information content (AvgIpc) is 3.15. The van der Waals surface area contributed by atoms with Crippen LogP contribution in [0.15, 0.2) is 54.0 Å². The highest BCUT2D eigenvalue weighted by Crippen LogP contribution is 2.23. The van der Waals surface area contributed by atoms with E-state index in [-0.39, 0.29) is 30.6 Å². The van der Waals surface area contributed by atoms with Gasteiger partial charge >= 0.3 is 0 Å². The largest absolute Gasteiger partial charge is 0.340 e. The Balaban J connectivity index is 1.35. The van der Waals surface area contributed by atoms with E-state index in [4.69, 9.17) is 0 Å². The third kappa shape index (κ3) is 4.30. The standard InChI is InChI=1S/C20H17N5O3S/c26-17(25-20-24-16(11-29-20)14-7-3-4-10-21-14)9-8-15-19(28)22-13-6-2-1-5-12(13)18(27)23-15/h1-7,10-11,15H,8-9H2,(H,22,28)(H,23,27)(H,24,25,26)/t15-/m1/s1. The lowest BCUT2D eigenvalue weighted by atomic mass is 10.1. The van der Waals surface area contributed by atoms with E-state index in [9.17, 15) is 14.4 Å². The summed E-state index contributed by atoms with van der Waals surface area (Å²) in [4.78, 5) is 45.6. The van der Waals surface area contributed by atoms with Gasteiger partial charge in [-0.25, -0.2) is 4.98 Å². The maximum atomic E-state index is 12.4. The zero-order valence-electron chi connectivity index (χ0n) is 15.2. The molecule has 0 radical (unpaired) electrons. The highest BCUT2D eigenvalue weighted by Gasteiger charge is 2.27. The van der Waals surface area contributed by atoms with Gasteiger partial charge < -0.3 is 16.0 Å². The minimum atomic E-state index is -0.791. The Kier molecular flexibility index (Phi) is 5.30. The van der Waals surface area contributed by atoms with Gasteiger partial charge in [0.1, 0.15) is 11.7 Å². The lowest BCUT2D eigenvalue weighted by Gasteiger charge is -2.13. The minimum absolute atomic E-state index is 0.0627. The summed E-state index contributed by atoms with van der Waals surface area (Å²) < 4.78 is 0. The van der Waals surface area contributed by atoms with Gasteiger partial charge in [-0.15, -0.1) is 11.3 Å². The smallest absolute Gasteiger partial charge is 0.254 e. The first kappa shape index (κ1) is 18.8. The molecule has 0 saturated carbocycles. The van der Waals surface area contributed by atoms with Crippen molar-refractivity contribution in [1.29, 1.82) is 0 Å². The van der Waals surface area contributed by atoms with Crippen molar-refractivity contribution in [3.8, 4) is 11.4 Å². The zero-order chi connectivity index (χ0) is 20.2. The number of pyridine rings is 1. The summed E-state index contributed by atoms with van der Waals surface area (Å²) in [5.41, 5.74) is 2.27. The van der Waals surface area contributed by atoms with Gasteiger partial charge in [0.25, 0.3) is 5.91 Å². The maximum Gasteiger partial charge on any atom is 0.254 e. The molecule has 1 aromatic carbocycles. The molecule has 146 valence electrons. The van der Waals surface area contributed by atoms with Crippen molar-refractivity contribution in [2.75, 3.05) is 10.6 Å². The van der Waals surface area contributed by atoms with Crippen LogP contribution >= 0.6 is 11.3 Å². The second kappa shape index (κ2) is 8.19. The summed E-state index contributed by atoms with van der Waals surface area (Å²) in [5.74, 6) is -0.970. The summed E-state index contributed by atoms with van der Waals surface area (Å²) in [5, 5.41) is 10.4. The highest BCUT2D eigenvalue weighted by molar-refractivity contribution is 7.14. The van der Waals surface area contributed by atoms with E-state index in [0.29, 0.717) is 22.1 Å². The molecule has 3 aromatic rings. The Morgan fingerprint density at radius 1 is 1.10 bits per heavy atom. The lowest BCUT2D eigenvalue weighted by Crippen LogP contribution is -2.41. The summed E-state index contributed by atoms with van der Waals surface area (Å²) in [6.45, 7) is 0. The number of rotatable bonds is 5. The molecule has 3 heterocycles. The molecule has 29 heavy (non-hydrogen) atoms. The zero-order valence-corrected chi connectivity index (χ0v) is 16.0. The summed E-state index contributed by atoms with van der Waals surface area (Å²) in [7, 11) is 0. The van der Waals surface area contributed by atoms with E-state index in [1.807, 2.05) is 23.6 Å². The lowest BCUT2D eigenvalue weighted by molar-refractivity contribution is -0.118. The molecule has 0 fully saturated rings. The van der Waals surface area contributed by atoms with Gasteiger partial charge in [0.15, 0.2) is 5.13 Å². The second-order valence-electron chi connectivity index (χ2n) is 6.40. The topological polar surface area (TPSA) is 113 Å². The number of thiazole rings is 1. The molecule has 2 aromatic heterocycles. The molecule has 3 N–H and O–H groups in total. The normalized spacial score (nSPS) is 15.7. The van der Waals surface area contributed by atoms with Gasteiger partial charge in [-0.1, -0.05) is 18.2 Å². The Morgan fingerprint density at radius 3 is 2.76 bits per heavy atom. The first-order valence-electron chi connectivity index (χ1n) is 8.98. The number of nitrogens with one attached hydrogen (secondary N) is 3. The Labute approximate surface area is 170 Å². The van der Waals surface area contributed by atoms with E-state index in [1.54, 1.807) is 30.5 Å². The molecule has 0 bridgehead atoms. The van der Waals surface area contributed by atoms with Crippen LogP contribution in [0.2, 0.25) is 0 Å². The number of carbonyl (C=O) groups excluding carboxylic acids is 3. The number of benzene rings is 1. The predicted molar refractivity (Wildman–Crippen MR) is 110 cm³/mol. The molecule has 0 saturated heterocycles. The van der Waals surface area contributed by atoms with Crippen LogP contribution in [0, 0.1) is 0 Å². The number of aromatic nitrogens is 2. The second-order valence-corrected chi connectivity index (χ2v) is 7.26. The number of anilines is 2. The summed E-state index contributed by atoms with van der Waals surface area (Å²) in [6, 6.07) is 11.5. The maximum absolute atomic E-state index is 12.4. The molecule has 3 amide bonds. The third-order valence-electron chi connectivity index (χ3n) is 4.39. The fourth-order valence-corrected chi connectivity index (χ4v) is 3.66. The SMILES string of the molecule is O=C(CC[C@H]1NC(=O)c2ccccc2NC1=O)Nc1nc(-c2ccccn2)cs1. The summed E-state index contributed by atoms with van der Waals surface area (Å²) in [6.07, 6.45) is 1.92. The molecular formula is C20H17N5O3S. The molecule has 1 aliphatic rings.